The Morgan fingerprint density at radius 2 is 2.10 bits per heavy atom. The van der Waals surface area contributed by atoms with Crippen molar-refractivity contribution < 1.29 is 14.3 Å². The van der Waals surface area contributed by atoms with E-state index >= 15 is 0 Å². The Hall–Kier alpha value is -1.84. The van der Waals surface area contributed by atoms with E-state index in [-0.39, 0.29) is 24.9 Å². The van der Waals surface area contributed by atoms with Crippen molar-refractivity contribution in [2.24, 2.45) is 0 Å². The van der Waals surface area contributed by atoms with Gasteiger partial charge in [0.25, 0.3) is 0 Å². The predicted molar refractivity (Wildman–Crippen MR) is 75.3 cm³/mol. The Bertz CT molecular complexity index is 541. The summed E-state index contributed by atoms with van der Waals surface area (Å²) in [6, 6.07) is 2.02. The number of hydrogen-bond acceptors (Lipinski definition) is 5. The molecule has 0 radical (unpaired) electrons. The third kappa shape index (κ3) is 3.38. The SMILES string of the molecule is Cc1oc(NC(=O)CN(C)C(C)(C)CO)c(C#N)c1C. The van der Waals surface area contributed by atoms with Gasteiger partial charge in [-0.2, -0.15) is 5.26 Å². The van der Waals surface area contributed by atoms with Crippen molar-refractivity contribution in [1.82, 2.24) is 4.90 Å². The number of furan rings is 1. The number of aliphatic hydroxyl groups excluding tert-OH is 1. The standard InChI is InChI=1S/C14H21N3O3/c1-9-10(2)20-13(11(9)6-15)16-12(19)7-17(5)14(3,4)8-18/h18H,7-8H2,1-5H3,(H,16,19). The number of aryl methyl sites for hydroxylation is 1. The average Bonchev–Trinajstić information content (AvgIpc) is 2.64. The number of nitrogens with one attached hydrogen (secondary N) is 1. The van der Waals surface area contributed by atoms with Crippen molar-refractivity contribution in [3.8, 4) is 6.07 Å². The van der Waals surface area contributed by atoms with Crippen LogP contribution in [-0.2, 0) is 4.79 Å². The maximum absolute atomic E-state index is 12.0. The lowest BCUT2D eigenvalue weighted by Gasteiger charge is -2.33. The smallest absolute Gasteiger partial charge is 0.240 e. The van der Waals surface area contributed by atoms with E-state index < -0.39 is 5.54 Å². The number of likely N-dealkylation sites (N-methyl/N-ethyl adjacent to an activating group) is 1. The van der Waals surface area contributed by atoms with Crippen LogP contribution in [0, 0.1) is 25.2 Å². The molecule has 0 bridgehead atoms. The fraction of sp³-hybridized carbons (Fsp3) is 0.571. The van der Waals surface area contributed by atoms with Crippen LogP contribution in [0.5, 0.6) is 0 Å². The maximum Gasteiger partial charge on any atom is 0.240 e. The fourth-order valence-corrected chi connectivity index (χ4v) is 1.57. The Kier molecular flexibility index (Phi) is 4.93. The zero-order valence-corrected chi connectivity index (χ0v) is 12.6. The second-order valence-electron chi connectivity index (χ2n) is 5.47. The number of rotatable bonds is 5. The molecule has 0 fully saturated rings. The number of nitrogens with zero attached hydrogens (tertiary/aromatic N) is 2. The van der Waals surface area contributed by atoms with Crippen LogP contribution in [0.15, 0.2) is 4.42 Å². The number of amides is 1. The van der Waals surface area contributed by atoms with Crippen molar-refractivity contribution in [2.45, 2.75) is 33.2 Å². The maximum atomic E-state index is 12.0. The van der Waals surface area contributed by atoms with E-state index in [1.54, 1.807) is 25.8 Å². The summed E-state index contributed by atoms with van der Waals surface area (Å²) in [5.74, 6) is 0.503. The first-order chi connectivity index (χ1) is 9.22. The predicted octanol–water partition coefficient (Wildman–Crippen LogP) is 1.41. The van der Waals surface area contributed by atoms with Gasteiger partial charge >= 0.3 is 0 Å². The highest BCUT2D eigenvalue weighted by Crippen LogP contribution is 2.25. The van der Waals surface area contributed by atoms with Crippen molar-refractivity contribution >= 4 is 11.8 Å². The summed E-state index contributed by atoms with van der Waals surface area (Å²) in [4.78, 5) is 13.7. The van der Waals surface area contributed by atoms with Gasteiger partial charge in [-0.05, 0) is 34.7 Å². The van der Waals surface area contributed by atoms with Crippen molar-refractivity contribution in [3.05, 3.63) is 16.9 Å². The second kappa shape index (κ2) is 6.07. The molecule has 0 unspecified atom stereocenters. The molecule has 1 heterocycles. The molecule has 1 amide bonds. The summed E-state index contributed by atoms with van der Waals surface area (Å²) in [7, 11) is 1.75. The third-order valence-electron chi connectivity index (χ3n) is 3.55. The quantitative estimate of drug-likeness (QED) is 0.850. The van der Waals surface area contributed by atoms with Crippen LogP contribution >= 0.6 is 0 Å². The molecule has 1 aromatic heterocycles. The van der Waals surface area contributed by atoms with Gasteiger partial charge in [0.05, 0.1) is 13.2 Å². The van der Waals surface area contributed by atoms with E-state index in [1.807, 2.05) is 19.9 Å². The van der Waals surface area contributed by atoms with E-state index in [9.17, 15) is 9.90 Å². The summed E-state index contributed by atoms with van der Waals surface area (Å²) in [5.41, 5.74) is 0.580. The van der Waals surface area contributed by atoms with Crippen LogP contribution in [-0.4, -0.2) is 41.7 Å². The average molecular weight is 279 g/mol. The number of nitriles is 1. The van der Waals surface area contributed by atoms with Gasteiger partial charge in [0.2, 0.25) is 11.8 Å². The molecular formula is C14H21N3O3. The van der Waals surface area contributed by atoms with E-state index in [0.717, 1.165) is 5.56 Å². The highest BCUT2D eigenvalue weighted by atomic mass is 16.4. The number of aliphatic hydroxyl groups is 1. The number of carbonyl (C=O) groups is 1. The molecule has 0 atom stereocenters. The monoisotopic (exact) mass is 279 g/mol. The normalized spacial score (nSPS) is 11.5. The van der Waals surface area contributed by atoms with Gasteiger partial charge in [0.15, 0.2) is 0 Å². The molecule has 0 spiro atoms. The topological polar surface area (TPSA) is 89.5 Å². The molecule has 2 N–H and O–H groups in total. The van der Waals surface area contributed by atoms with Gasteiger partial charge in [-0.25, -0.2) is 0 Å². The molecule has 0 aliphatic rings. The lowest BCUT2D eigenvalue weighted by atomic mass is 10.1. The van der Waals surface area contributed by atoms with Gasteiger partial charge in [0, 0.05) is 11.1 Å². The molecule has 0 aliphatic carbocycles. The van der Waals surface area contributed by atoms with Gasteiger partial charge in [-0.1, -0.05) is 0 Å². The van der Waals surface area contributed by atoms with Crippen LogP contribution in [0.3, 0.4) is 0 Å². The number of carbonyl (C=O) groups excluding carboxylic acids is 1. The summed E-state index contributed by atoms with van der Waals surface area (Å²) in [5, 5.41) is 20.9. The molecule has 0 aliphatic heterocycles. The molecule has 110 valence electrons. The lowest BCUT2D eigenvalue weighted by molar-refractivity contribution is -0.118. The second-order valence-corrected chi connectivity index (χ2v) is 5.47. The lowest BCUT2D eigenvalue weighted by Crippen LogP contribution is -2.47. The Balaban J connectivity index is 2.78. The first-order valence-electron chi connectivity index (χ1n) is 6.35. The molecule has 6 heteroatoms. The Labute approximate surface area is 119 Å². The highest BCUT2D eigenvalue weighted by Gasteiger charge is 2.25. The third-order valence-corrected chi connectivity index (χ3v) is 3.55. The first kappa shape index (κ1) is 16.2. The molecule has 0 saturated heterocycles. The molecule has 20 heavy (non-hydrogen) atoms. The summed E-state index contributed by atoms with van der Waals surface area (Å²) in [6.07, 6.45) is 0. The first-order valence-corrected chi connectivity index (χ1v) is 6.35. The van der Waals surface area contributed by atoms with Crippen LogP contribution in [0.1, 0.15) is 30.7 Å². The van der Waals surface area contributed by atoms with Crippen LogP contribution in [0.25, 0.3) is 0 Å². The minimum absolute atomic E-state index is 0.0564. The summed E-state index contributed by atoms with van der Waals surface area (Å²) < 4.78 is 5.38. The minimum atomic E-state index is -0.496. The van der Waals surface area contributed by atoms with Gasteiger partial charge in [-0.15, -0.1) is 0 Å². The highest BCUT2D eigenvalue weighted by molar-refractivity contribution is 5.92. The van der Waals surface area contributed by atoms with Crippen LogP contribution in [0.2, 0.25) is 0 Å². The number of hydrogen-bond donors (Lipinski definition) is 2. The number of anilines is 1. The molecule has 0 aromatic carbocycles. The van der Waals surface area contributed by atoms with Gasteiger partial charge in [0.1, 0.15) is 17.4 Å². The van der Waals surface area contributed by atoms with E-state index in [4.69, 9.17) is 9.68 Å². The van der Waals surface area contributed by atoms with Crippen molar-refractivity contribution in [1.29, 1.82) is 5.26 Å². The van der Waals surface area contributed by atoms with Gasteiger partial charge in [-0.3, -0.25) is 15.0 Å². The van der Waals surface area contributed by atoms with Crippen LogP contribution in [0.4, 0.5) is 5.88 Å². The van der Waals surface area contributed by atoms with Gasteiger partial charge < -0.3 is 9.52 Å². The molecule has 1 rings (SSSR count). The van der Waals surface area contributed by atoms with Crippen molar-refractivity contribution in [3.63, 3.8) is 0 Å². The minimum Gasteiger partial charge on any atom is -0.444 e. The Morgan fingerprint density at radius 3 is 2.60 bits per heavy atom. The molecule has 1 aromatic rings. The Morgan fingerprint density at radius 1 is 1.50 bits per heavy atom. The van der Waals surface area contributed by atoms with E-state index in [1.165, 1.54) is 0 Å². The zero-order chi connectivity index (χ0) is 15.5. The summed E-state index contributed by atoms with van der Waals surface area (Å²) in [6.45, 7) is 7.22. The molecule has 0 saturated carbocycles. The van der Waals surface area contributed by atoms with Crippen molar-refractivity contribution in [2.75, 3.05) is 25.5 Å². The molecular weight excluding hydrogens is 258 g/mol. The molecule has 6 nitrogen and oxygen atoms in total. The van der Waals surface area contributed by atoms with E-state index in [0.29, 0.717) is 11.3 Å². The zero-order valence-electron chi connectivity index (χ0n) is 12.6. The fourth-order valence-electron chi connectivity index (χ4n) is 1.57. The van der Waals surface area contributed by atoms with Crippen LogP contribution < -0.4 is 5.32 Å². The largest absolute Gasteiger partial charge is 0.444 e. The summed E-state index contributed by atoms with van der Waals surface area (Å²) >= 11 is 0. The van der Waals surface area contributed by atoms with E-state index in [2.05, 4.69) is 5.32 Å².